The average Bonchev–Trinajstić information content (AvgIpc) is 2.73. The Balaban J connectivity index is 1.98. The monoisotopic (exact) mass is 333 g/mol. The van der Waals surface area contributed by atoms with Gasteiger partial charge in [0, 0.05) is 34.4 Å². The van der Waals surface area contributed by atoms with Gasteiger partial charge in [0.1, 0.15) is 0 Å². The van der Waals surface area contributed by atoms with Gasteiger partial charge in [0.05, 0.1) is 13.2 Å². The van der Waals surface area contributed by atoms with E-state index in [9.17, 15) is 4.79 Å². The second-order valence-electron chi connectivity index (χ2n) is 4.38. The molecular weight excluding hydrogens is 318 g/mol. The van der Waals surface area contributed by atoms with Crippen LogP contribution in [0.4, 0.5) is 0 Å². The Morgan fingerprint density at radius 1 is 1.67 bits per heavy atom. The molecule has 0 amide bonds. The topological polar surface area (TPSA) is 38.8 Å². The van der Waals surface area contributed by atoms with Crippen LogP contribution in [0, 0.1) is 0 Å². The molecule has 0 saturated carbocycles. The van der Waals surface area contributed by atoms with E-state index in [1.54, 1.807) is 11.3 Å². The molecular formula is C12H16BrNO3S. The molecule has 6 heteroatoms. The lowest BCUT2D eigenvalue weighted by Crippen LogP contribution is -2.49. The van der Waals surface area contributed by atoms with Gasteiger partial charge >= 0.3 is 5.97 Å². The maximum absolute atomic E-state index is 11.5. The first-order valence-corrected chi connectivity index (χ1v) is 7.44. The van der Waals surface area contributed by atoms with E-state index >= 15 is 0 Å². The fraction of sp³-hybridized carbons (Fsp3) is 0.583. The second-order valence-corrected chi connectivity index (χ2v) is 6.30. The van der Waals surface area contributed by atoms with Crippen LogP contribution in [-0.4, -0.2) is 43.3 Å². The van der Waals surface area contributed by atoms with Crippen molar-refractivity contribution < 1.29 is 14.3 Å². The van der Waals surface area contributed by atoms with Gasteiger partial charge in [0.15, 0.2) is 6.10 Å². The zero-order valence-electron chi connectivity index (χ0n) is 10.4. The fourth-order valence-corrected chi connectivity index (χ4v) is 3.58. The van der Waals surface area contributed by atoms with Gasteiger partial charge in [-0.15, -0.1) is 11.3 Å². The number of hydrogen-bond acceptors (Lipinski definition) is 5. The van der Waals surface area contributed by atoms with Crippen LogP contribution in [0.3, 0.4) is 0 Å². The highest BCUT2D eigenvalue weighted by Crippen LogP contribution is 2.23. The van der Waals surface area contributed by atoms with Gasteiger partial charge in [0.25, 0.3) is 0 Å². The minimum absolute atomic E-state index is 0.0475. The third-order valence-corrected chi connectivity index (χ3v) is 4.48. The Bertz CT molecular complexity index is 423. The molecule has 18 heavy (non-hydrogen) atoms. The van der Waals surface area contributed by atoms with Gasteiger partial charge in [-0.3, -0.25) is 4.90 Å². The maximum Gasteiger partial charge on any atom is 0.336 e. The number of hydrogen-bond donors (Lipinski definition) is 0. The minimum Gasteiger partial charge on any atom is -0.467 e. The smallest absolute Gasteiger partial charge is 0.336 e. The molecule has 1 aliphatic heterocycles. The first kappa shape index (κ1) is 14.0. The number of nitrogens with zero attached hydrogens (tertiary/aromatic N) is 1. The van der Waals surface area contributed by atoms with Gasteiger partial charge in [-0.05, 0) is 28.9 Å². The minimum atomic E-state index is -0.470. The van der Waals surface area contributed by atoms with Crippen molar-refractivity contribution in [3.63, 3.8) is 0 Å². The molecule has 1 aromatic rings. The molecule has 2 rings (SSSR count). The van der Waals surface area contributed by atoms with E-state index in [-0.39, 0.29) is 12.1 Å². The average molecular weight is 334 g/mol. The number of methoxy groups -OCH3 is 1. The lowest BCUT2D eigenvalue weighted by Gasteiger charge is -2.35. The third-order valence-electron chi connectivity index (χ3n) is 2.80. The number of thiophene rings is 1. The summed E-state index contributed by atoms with van der Waals surface area (Å²) in [6, 6.07) is 2.11. The van der Waals surface area contributed by atoms with Crippen molar-refractivity contribution in [2.24, 2.45) is 0 Å². The molecule has 1 aliphatic rings. The summed E-state index contributed by atoms with van der Waals surface area (Å²) >= 11 is 5.16. The highest BCUT2D eigenvalue weighted by molar-refractivity contribution is 9.10. The van der Waals surface area contributed by atoms with Crippen molar-refractivity contribution in [1.82, 2.24) is 4.90 Å². The SMILES string of the molecule is COC(=O)[C@H]1CN(Cc2cc(Br)cs2)C[C@@H](C)O1. The van der Waals surface area contributed by atoms with Crippen LogP contribution in [0.25, 0.3) is 0 Å². The Morgan fingerprint density at radius 2 is 2.44 bits per heavy atom. The molecule has 4 nitrogen and oxygen atoms in total. The van der Waals surface area contributed by atoms with Crippen LogP contribution in [0.1, 0.15) is 11.8 Å². The van der Waals surface area contributed by atoms with Crippen molar-refractivity contribution >= 4 is 33.2 Å². The number of ether oxygens (including phenoxy) is 2. The van der Waals surface area contributed by atoms with Gasteiger partial charge in [0.2, 0.25) is 0 Å². The molecule has 0 bridgehead atoms. The van der Waals surface area contributed by atoms with Crippen LogP contribution in [0.15, 0.2) is 15.9 Å². The molecule has 0 N–H and O–H groups in total. The van der Waals surface area contributed by atoms with Crippen molar-refractivity contribution in [2.75, 3.05) is 20.2 Å². The first-order valence-electron chi connectivity index (χ1n) is 5.77. The molecule has 0 unspecified atom stereocenters. The van der Waals surface area contributed by atoms with Crippen LogP contribution in [0.2, 0.25) is 0 Å². The number of carbonyl (C=O) groups excluding carboxylic acids is 1. The lowest BCUT2D eigenvalue weighted by atomic mass is 10.2. The van der Waals surface area contributed by atoms with Crippen LogP contribution in [-0.2, 0) is 20.8 Å². The number of esters is 1. The lowest BCUT2D eigenvalue weighted by molar-refractivity contribution is -0.166. The van der Waals surface area contributed by atoms with E-state index in [1.807, 2.05) is 6.92 Å². The molecule has 0 aromatic carbocycles. The zero-order valence-corrected chi connectivity index (χ0v) is 12.8. The molecule has 1 saturated heterocycles. The summed E-state index contributed by atoms with van der Waals surface area (Å²) in [5, 5.41) is 2.07. The van der Waals surface area contributed by atoms with Crippen molar-refractivity contribution in [1.29, 1.82) is 0 Å². The first-order chi connectivity index (χ1) is 8.58. The molecule has 2 heterocycles. The predicted molar refractivity (Wildman–Crippen MR) is 73.6 cm³/mol. The van der Waals surface area contributed by atoms with Crippen LogP contribution >= 0.6 is 27.3 Å². The summed E-state index contributed by atoms with van der Waals surface area (Å²) < 4.78 is 11.4. The number of carbonyl (C=O) groups is 1. The highest BCUT2D eigenvalue weighted by atomic mass is 79.9. The molecule has 1 aromatic heterocycles. The summed E-state index contributed by atoms with van der Waals surface area (Å²) in [5.74, 6) is -0.293. The molecule has 0 radical (unpaired) electrons. The van der Waals surface area contributed by atoms with E-state index < -0.39 is 6.10 Å². The quantitative estimate of drug-likeness (QED) is 0.795. The molecule has 0 aliphatic carbocycles. The van der Waals surface area contributed by atoms with E-state index in [0.717, 1.165) is 17.6 Å². The molecule has 100 valence electrons. The molecule has 0 spiro atoms. The van der Waals surface area contributed by atoms with E-state index in [0.29, 0.717) is 6.54 Å². The predicted octanol–water partition coefficient (Wildman–Crippen LogP) is 2.27. The number of morpholine rings is 1. The molecule has 1 fully saturated rings. The largest absolute Gasteiger partial charge is 0.467 e. The van der Waals surface area contributed by atoms with Gasteiger partial charge in [-0.2, -0.15) is 0 Å². The summed E-state index contributed by atoms with van der Waals surface area (Å²) in [6.07, 6.45) is -0.423. The summed E-state index contributed by atoms with van der Waals surface area (Å²) in [4.78, 5) is 15.0. The van der Waals surface area contributed by atoms with E-state index in [1.165, 1.54) is 12.0 Å². The third kappa shape index (κ3) is 3.54. The van der Waals surface area contributed by atoms with E-state index in [4.69, 9.17) is 9.47 Å². The second kappa shape index (κ2) is 6.14. The Morgan fingerprint density at radius 3 is 3.06 bits per heavy atom. The summed E-state index contributed by atoms with van der Waals surface area (Å²) in [6.45, 7) is 4.25. The fourth-order valence-electron chi connectivity index (χ4n) is 2.09. The van der Waals surface area contributed by atoms with Crippen molar-refractivity contribution in [3.05, 3.63) is 20.8 Å². The van der Waals surface area contributed by atoms with Gasteiger partial charge in [-0.1, -0.05) is 0 Å². The highest BCUT2D eigenvalue weighted by Gasteiger charge is 2.31. The Labute approximate surface area is 119 Å². The van der Waals surface area contributed by atoms with Crippen molar-refractivity contribution in [3.8, 4) is 0 Å². The summed E-state index contributed by atoms with van der Waals surface area (Å²) in [5.41, 5.74) is 0. The van der Waals surface area contributed by atoms with Crippen LogP contribution in [0.5, 0.6) is 0 Å². The normalized spacial score (nSPS) is 25.1. The standard InChI is InChI=1S/C12H16BrNO3S/c1-8-4-14(5-10-3-9(13)7-18-10)6-11(17-8)12(15)16-2/h3,7-8,11H,4-6H2,1-2H3/t8-,11-/m1/s1. The Kier molecular flexibility index (Phi) is 4.77. The van der Waals surface area contributed by atoms with Crippen LogP contribution < -0.4 is 0 Å². The van der Waals surface area contributed by atoms with Crippen molar-refractivity contribution in [2.45, 2.75) is 25.7 Å². The summed E-state index contributed by atoms with van der Waals surface area (Å²) in [7, 11) is 1.39. The Hall–Kier alpha value is -0.430. The number of rotatable bonds is 3. The maximum atomic E-state index is 11.5. The van der Waals surface area contributed by atoms with Gasteiger partial charge in [-0.25, -0.2) is 4.79 Å². The molecule has 2 atom stereocenters. The zero-order chi connectivity index (χ0) is 13.1. The van der Waals surface area contributed by atoms with E-state index in [2.05, 4.69) is 32.3 Å². The van der Waals surface area contributed by atoms with Gasteiger partial charge < -0.3 is 9.47 Å². The number of halogens is 1.